The number of nitrogens with one attached hydrogen (secondary N) is 1. The number of benzene rings is 1. The lowest BCUT2D eigenvalue weighted by atomic mass is 10.1. The van der Waals surface area contributed by atoms with Crippen LogP contribution in [0, 0.1) is 25.2 Å². The van der Waals surface area contributed by atoms with Crippen molar-refractivity contribution in [1.29, 1.82) is 5.26 Å². The Balaban J connectivity index is 1.83. The Morgan fingerprint density at radius 2 is 2.11 bits per heavy atom. The summed E-state index contributed by atoms with van der Waals surface area (Å²) in [5.74, 6) is -0.487. The second-order valence-corrected chi connectivity index (χ2v) is 7.63. The molecule has 0 radical (unpaired) electrons. The molecule has 0 spiro atoms. The summed E-state index contributed by atoms with van der Waals surface area (Å²) in [6, 6.07) is 14.1. The number of thioether (sulfide) groups is 1. The van der Waals surface area contributed by atoms with E-state index in [1.807, 2.05) is 50.4 Å². The van der Waals surface area contributed by atoms with E-state index in [1.165, 1.54) is 17.3 Å². The van der Waals surface area contributed by atoms with Crippen LogP contribution in [0.15, 0.2) is 47.1 Å². The lowest BCUT2D eigenvalue weighted by molar-refractivity contribution is -0.112. The van der Waals surface area contributed by atoms with Crippen LogP contribution >= 0.6 is 23.3 Å². The maximum absolute atomic E-state index is 12.5. The number of anilines is 1. The second kappa shape index (κ2) is 8.87. The number of amides is 1. The molecule has 28 heavy (non-hydrogen) atoms. The molecule has 3 rings (SSSR count). The van der Waals surface area contributed by atoms with Crippen LogP contribution in [0.3, 0.4) is 0 Å². The molecule has 0 aliphatic heterocycles. The van der Waals surface area contributed by atoms with Crippen molar-refractivity contribution in [2.24, 2.45) is 0 Å². The number of hydrogen-bond donors (Lipinski definition) is 1. The Bertz CT molecular complexity index is 1060. The first-order chi connectivity index (χ1) is 13.5. The molecular formula is C20H19N5OS2. The van der Waals surface area contributed by atoms with E-state index in [1.54, 1.807) is 6.08 Å². The number of aromatic nitrogens is 3. The maximum Gasteiger partial charge on any atom is 0.268 e. The van der Waals surface area contributed by atoms with Gasteiger partial charge in [-0.15, -0.1) is 0 Å². The van der Waals surface area contributed by atoms with Gasteiger partial charge in [0.1, 0.15) is 11.6 Å². The predicted octanol–water partition coefficient (Wildman–Crippen LogP) is 4.27. The highest BCUT2D eigenvalue weighted by Crippen LogP contribution is 2.21. The van der Waals surface area contributed by atoms with Crippen molar-refractivity contribution in [2.45, 2.75) is 25.5 Å². The van der Waals surface area contributed by atoms with E-state index >= 15 is 0 Å². The molecule has 6 nitrogen and oxygen atoms in total. The van der Waals surface area contributed by atoms with E-state index in [2.05, 4.69) is 31.4 Å². The van der Waals surface area contributed by atoms with Crippen LogP contribution in [0.2, 0.25) is 0 Å². The van der Waals surface area contributed by atoms with Gasteiger partial charge < -0.3 is 4.57 Å². The summed E-state index contributed by atoms with van der Waals surface area (Å²) in [6.07, 6.45) is 3.48. The summed E-state index contributed by atoms with van der Waals surface area (Å²) in [5, 5.41) is 13.1. The maximum atomic E-state index is 12.5. The van der Waals surface area contributed by atoms with Gasteiger partial charge in [0.15, 0.2) is 0 Å². The molecule has 0 aliphatic carbocycles. The third-order valence-electron chi connectivity index (χ3n) is 4.27. The zero-order valence-electron chi connectivity index (χ0n) is 15.8. The Morgan fingerprint density at radius 1 is 1.36 bits per heavy atom. The first kappa shape index (κ1) is 19.9. The molecule has 3 aromatic rings. The third kappa shape index (κ3) is 4.50. The fraction of sp³-hybridized carbons (Fsp3) is 0.200. The summed E-state index contributed by atoms with van der Waals surface area (Å²) in [6.45, 7) is 4.75. The van der Waals surface area contributed by atoms with Crippen molar-refractivity contribution in [3.63, 3.8) is 0 Å². The number of nitriles is 1. The van der Waals surface area contributed by atoms with Gasteiger partial charge in [-0.2, -0.15) is 14.6 Å². The van der Waals surface area contributed by atoms with Crippen molar-refractivity contribution in [3.05, 3.63) is 64.5 Å². The van der Waals surface area contributed by atoms with Crippen molar-refractivity contribution in [2.75, 3.05) is 11.6 Å². The Labute approximate surface area is 172 Å². The summed E-state index contributed by atoms with van der Waals surface area (Å²) in [4.78, 5) is 16.6. The standard InChI is InChI=1S/C20H19N5OS2/c1-13-9-16(14(2)25(13)12-15-7-5-4-6-8-15)10-17(11-21)18(26)22-19-23-20(27-3)24-28-19/h4-10H,12H2,1-3H3,(H,22,23,24,26)/b17-10-. The second-order valence-electron chi connectivity index (χ2n) is 6.11. The molecule has 0 atom stereocenters. The Kier molecular flexibility index (Phi) is 6.29. The molecular weight excluding hydrogens is 390 g/mol. The van der Waals surface area contributed by atoms with Crippen LogP contribution in [-0.2, 0) is 11.3 Å². The van der Waals surface area contributed by atoms with E-state index < -0.39 is 5.91 Å². The molecule has 1 aromatic carbocycles. The zero-order chi connectivity index (χ0) is 20.1. The van der Waals surface area contributed by atoms with Crippen LogP contribution < -0.4 is 5.32 Å². The molecule has 1 N–H and O–H groups in total. The summed E-state index contributed by atoms with van der Waals surface area (Å²) in [7, 11) is 0. The molecule has 0 saturated carbocycles. The molecule has 0 fully saturated rings. The smallest absolute Gasteiger partial charge is 0.268 e. The van der Waals surface area contributed by atoms with E-state index in [0.717, 1.165) is 35.0 Å². The van der Waals surface area contributed by atoms with Crippen molar-refractivity contribution >= 4 is 40.4 Å². The van der Waals surface area contributed by atoms with Crippen LogP contribution in [0.1, 0.15) is 22.5 Å². The topological polar surface area (TPSA) is 83.6 Å². The van der Waals surface area contributed by atoms with Crippen molar-refractivity contribution in [1.82, 2.24) is 13.9 Å². The van der Waals surface area contributed by atoms with Gasteiger partial charge in [-0.3, -0.25) is 10.1 Å². The first-order valence-electron chi connectivity index (χ1n) is 8.53. The predicted molar refractivity (Wildman–Crippen MR) is 113 cm³/mol. The molecule has 2 heterocycles. The molecule has 0 aliphatic rings. The number of nitrogens with zero attached hydrogens (tertiary/aromatic N) is 4. The molecule has 8 heteroatoms. The van der Waals surface area contributed by atoms with Crippen LogP contribution in [0.25, 0.3) is 6.08 Å². The average Bonchev–Trinajstić information content (AvgIpc) is 3.26. The monoisotopic (exact) mass is 409 g/mol. The fourth-order valence-electron chi connectivity index (χ4n) is 2.80. The van der Waals surface area contributed by atoms with Crippen LogP contribution in [-0.4, -0.2) is 26.1 Å². The van der Waals surface area contributed by atoms with E-state index in [0.29, 0.717) is 10.3 Å². The SMILES string of the molecule is CSc1nsc(NC(=O)/C(C#N)=C\c2cc(C)n(Cc3ccccc3)c2C)n1. The third-order valence-corrected chi connectivity index (χ3v) is 5.57. The molecule has 0 unspecified atom stereocenters. The van der Waals surface area contributed by atoms with E-state index in [-0.39, 0.29) is 5.57 Å². The molecule has 0 bridgehead atoms. The van der Waals surface area contributed by atoms with E-state index in [9.17, 15) is 10.1 Å². The largest absolute Gasteiger partial charge is 0.344 e. The van der Waals surface area contributed by atoms with Crippen molar-refractivity contribution < 1.29 is 4.79 Å². The summed E-state index contributed by atoms with van der Waals surface area (Å²) in [5.41, 5.74) is 4.14. The number of aryl methyl sites for hydroxylation is 1. The highest BCUT2D eigenvalue weighted by atomic mass is 32.2. The van der Waals surface area contributed by atoms with Gasteiger partial charge in [0.05, 0.1) is 0 Å². The minimum atomic E-state index is -0.487. The van der Waals surface area contributed by atoms with Gasteiger partial charge in [-0.05, 0) is 43.4 Å². The van der Waals surface area contributed by atoms with Crippen LogP contribution in [0.5, 0.6) is 0 Å². The van der Waals surface area contributed by atoms with Gasteiger partial charge in [0.25, 0.3) is 5.91 Å². The zero-order valence-corrected chi connectivity index (χ0v) is 17.4. The lowest BCUT2D eigenvalue weighted by Crippen LogP contribution is -2.13. The van der Waals surface area contributed by atoms with Gasteiger partial charge in [-0.25, -0.2) is 0 Å². The van der Waals surface area contributed by atoms with Crippen molar-refractivity contribution in [3.8, 4) is 6.07 Å². The summed E-state index contributed by atoms with van der Waals surface area (Å²) >= 11 is 2.49. The molecule has 142 valence electrons. The Hall–Kier alpha value is -2.89. The summed E-state index contributed by atoms with van der Waals surface area (Å²) < 4.78 is 6.27. The number of rotatable bonds is 6. The average molecular weight is 410 g/mol. The van der Waals surface area contributed by atoms with Gasteiger partial charge >= 0.3 is 0 Å². The lowest BCUT2D eigenvalue weighted by Gasteiger charge is -2.09. The quantitative estimate of drug-likeness (QED) is 0.373. The minimum Gasteiger partial charge on any atom is -0.344 e. The number of carbonyl (C=O) groups is 1. The normalized spacial score (nSPS) is 11.3. The first-order valence-corrected chi connectivity index (χ1v) is 10.5. The van der Waals surface area contributed by atoms with Gasteiger partial charge in [0, 0.05) is 29.5 Å². The van der Waals surface area contributed by atoms with Gasteiger partial charge in [0.2, 0.25) is 10.3 Å². The van der Waals surface area contributed by atoms with E-state index in [4.69, 9.17) is 0 Å². The van der Waals surface area contributed by atoms with Crippen LogP contribution in [0.4, 0.5) is 5.13 Å². The number of hydrogen-bond acceptors (Lipinski definition) is 6. The minimum absolute atomic E-state index is 0.0286. The fourth-order valence-corrected chi connectivity index (χ4v) is 3.92. The molecule has 1 amide bonds. The molecule has 2 aromatic heterocycles. The Morgan fingerprint density at radius 3 is 2.75 bits per heavy atom. The highest BCUT2D eigenvalue weighted by Gasteiger charge is 2.15. The highest BCUT2D eigenvalue weighted by molar-refractivity contribution is 7.98. The van der Waals surface area contributed by atoms with Gasteiger partial charge in [-0.1, -0.05) is 42.1 Å². The molecule has 0 saturated heterocycles. The number of carbonyl (C=O) groups excluding carboxylic acids is 1.